The Bertz CT molecular complexity index is 914. The molecule has 1 heterocycles. The van der Waals surface area contributed by atoms with Crippen LogP contribution in [0.4, 0.5) is 4.39 Å². The number of fused-ring (bicyclic) bond motifs is 2. The third-order valence-corrected chi connectivity index (χ3v) is 6.05. The quantitative estimate of drug-likeness (QED) is 0.851. The largest absolute Gasteiger partial charge is 0.347 e. The minimum absolute atomic E-state index is 0.161. The summed E-state index contributed by atoms with van der Waals surface area (Å²) in [5, 5.41) is 6.39. The van der Waals surface area contributed by atoms with E-state index < -0.39 is 0 Å². The van der Waals surface area contributed by atoms with Gasteiger partial charge in [-0.25, -0.2) is 9.37 Å². The maximum absolute atomic E-state index is 13.1. The molecule has 0 radical (unpaired) electrons. The number of aryl methyl sites for hydroxylation is 1. The minimum Gasteiger partial charge on any atom is -0.347 e. The van der Waals surface area contributed by atoms with Crippen molar-refractivity contribution >= 4 is 11.8 Å². The number of aromatic nitrogens is 1. The number of carbonyl (C=O) groups excluding carboxylic acids is 2. The van der Waals surface area contributed by atoms with Gasteiger partial charge in [-0.2, -0.15) is 0 Å². The Morgan fingerprint density at radius 2 is 1.57 bits per heavy atom. The molecule has 2 atom stereocenters. The second-order valence-corrected chi connectivity index (χ2v) is 8.17. The fraction of sp³-hybridized carbons (Fsp3) is 0.409. The maximum Gasteiger partial charge on any atom is 0.270 e. The molecular formula is C22H24FN3O2. The molecule has 0 aliphatic heterocycles. The number of nitrogens with one attached hydrogen (secondary N) is 2. The fourth-order valence-electron chi connectivity index (χ4n) is 4.72. The number of nitrogens with zero attached hydrogens (tertiary/aromatic N) is 1. The highest BCUT2D eigenvalue weighted by atomic mass is 19.1. The van der Waals surface area contributed by atoms with E-state index in [9.17, 15) is 14.0 Å². The van der Waals surface area contributed by atoms with Crippen molar-refractivity contribution in [2.75, 3.05) is 0 Å². The molecule has 146 valence electrons. The van der Waals surface area contributed by atoms with Crippen molar-refractivity contribution in [2.24, 2.45) is 0 Å². The monoisotopic (exact) mass is 381 g/mol. The van der Waals surface area contributed by atoms with E-state index in [2.05, 4.69) is 15.6 Å². The van der Waals surface area contributed by atoms with E-state index in [1.807, 2.05) is 19.1 Å². The van der Waals surface area contributed by atoms with Gasteiger partial charge in [0.25, 0.3) is 11.8 Å². The Balaban J connectivity index is 1.47. The van der Waals surface area contributed by atoms with Crippen molar-refractivity contribution in [3.05, 3.63) is 65.2 Å². The van der Waals surface area contributed by atoms with Gasteiger partial charge in [0.15, 0.2) is 0 Å². The van der Waals surface area contributed by atoms with Gasteiger partial charge in [-0.05, 0) is 81.8 Å². The molecule has 1 aromatic heterocycles. The summed E-state index contributed by atoms with van der Waals surface area (Å²) in [6.45, 7) is 1.86. The molecule has 2 aromatic rings. The molecule has 2 amide bonds. The third kappa shape index (κ3) is 3.63. The molecule has 0 spiro atoms. The predicted octanol–water partition coefficient (Wildman–Crippen LogP) is 3.53. The van der Waals surface area contributed by atoms with E-state index in [0.29, 0.717) is 17.7 Å². The topological polar surface area (TPSA) is 71.1 Å². The summed E-state index contributed by atoms with van der Waals surface area (Å²) in [5.74, 6) is -0.713. The first-order valence-electron chi connectivity index (χ1n) is 9.73. The molecule has 2 bridgehead atoms. The van der Waals surface area contributed by atoms with Gasteiger partial charge in [0.05, 0.1) is 0 Å². The van der Waals surface area contributed by atoms with E-state index >= 15 is 0 Å². The van der Waals surface area contributed by atoms with Gasteiger partial charge in [0.2, 0.25) is 0 Å². The molecule has 6 heteroatoms. The number of hydrogen-bond acceptors (Lipinski definition) is 3. The second kappa shape index (κ2) is 7.00. The Kier molecular flexibility index (Phi) is 4.65. The van der Waals surface area contributed by atoms with E-state index in [-0.39, 0.29) is 28.7 Å². The van der Waals surface area contributed by atoms with Crippen LogP contribution >= 0.6 is 0 Å². The molecule has 2 saturated carbocycles. The van der Waals surface area contributed by atoms with Crippen LogP contribution in [-0.4, -0.2) is 27.9 Å². The Morgan fingerprint density at radius 1 is 0.929 bits per heavy atom. The highest BCUT2D eigenvalue weighted by molar-refractivity contribution is 5.95. The normalized spacial score (nSPS) is 25.9. The second-order valence-electron chi connectivity index (χ2n) is 8.17. The molecule has 4 rings (SSSR count). The number of hydrogen-bond donors (Lipinski definition) is 2. The lowest BCUT2D eigenvalue weighted by Crippen LogP contribution is -2.55. The van der Waals surface area contributed by atoms with Crippen LogP contribution in [0, 0.1) is 12.7 Å². The van der Waals surface area contributed by atoms with Gasteiger partial charge < -0.3 is 10.6 Å². The number of pyridine rings is 1. The van der Waals surface area contributed by atoms with E-state index in [1.54, 1.807) is 6.07 Å². The lowest BCUT2D eigenvalue weighted by molar-refractivity contribution is 0.0829. The highest BCUT2D eigenvalue weighted by Gasteiger charge is 2.52. The molecule has 2 aliphatic rings. The van der Waals surface area contributed by atoms with Crippen molar-refractivity contribution in [1.29, 1.82) is 0 Å². The Hall–Kier alpha value is -2.76. The van der Waals surface area contributed by atoms with E-state index in [4.69, 9.17) is 0 Å². The van der Waals surface area contributed by atoms with E-state index in [1.165, 1.54) is 24.3 Å². The Labute approximate surface area is 163 Å². The summed E-state index contributed by atoms with van der Waals surface area (Å²) < 4.78 is 13.1. The average molecular weight is 381 g/mol. The number of halogens is 1. The molecule has 0 saturated heterocycles. The summed E-state index contributed by atoms with van der Waals surface area (Å²) in [6.07, 6.45) is 5.09. The van der Waals surface area contributed by atoms with Crippen molar-refractivity contribution in [3.63, 3.8) is 0 Å². The molecule has 28 heavy (non-hydrogen) atoms. The van der Waals surface area contributed by atoms with Crippen LogP contribution in [0.2, 0.25) is 0 Å². The molecule has 2 aliphatic carbocycles. The standard InChI is InChI=1S/C22H24FN3O2/c1-15-4-2-5-18(24-15)20(28)26-22-11-3-10-21(14-22,12-13-22)25-19(27)16-6-8-17(23)9-7-16/h2,4-9H,3,10-14H2,1H3,(H,25,27)(H,26,28)/t21-,22+/m1/s1. The average Bonchev–Trinajstić information content (AvgIpc) is 2.92. The van der Waals surface area contributed by atoms with Gasteiger partial charge in [0.1, 0.15) is 11.5 Å². The van der Waals surface area contributed by atoms with Crippen LogP contribution in [0.5, 0.6) is 0 Å². The van der Waals surface area contributed by atoms with Crippen LogP contribution in [-0.2, 0) is 0 Å². The van der Waals surface area contributed by atoms with Crippen molar-refractivity contribution in [2.45, 2.75) is 56.5 Å². The van der Waals surface area contributed by atoms with Gasteiger partial charge >= 0.3 is 0 Å². The fourth-order valence-corrected chi connectivity index (χ4v) is 4.72. The first kappa shape index (κ1) is 18.6. The summed E-state index contributed by atoms with van der Waals surface area (Å²) in [6, 6.07) is 11.0. The number of benzene rings is 1. The van der Waals surface area contributed by atoms with Gasteiger partial charge in [-0.3, -0.25) is 9.59 Å². The molecule has 0 unspecified atom stereocenters. The molecule has 5 nitrogen and oxygen atoms in total. The van der Waals surface area contributed by atoms with Crippen molar-refractivity contribution < 1.29 is 14.0 Å². The smallest absolute Gasteiger partial charge is 0.270 e. The van der Waals surface area contributed by atoms with Crippen LogP contribution in [0.15, 0.2) is 42.5 Å². The van der Waals surface area contributed by atoms with Crippen LogP contribution in [0.25, 0.3) is 0 Å². The maximum atomic E-state index is 13.1. The summed E-state index contributed by atoms with van der Waals surface area (Å²) in [5.41, 5.74) is 1.05. The van der Waals surface area contributed by atoms with E-state index in [0.717, 1.165) is 37.8 Å². The van der Waals surface area contributed by atoms with Crippen molar-refractivity contribution in [1.82, 2.24) is 15.6 Å². The minimum atomic E-state index is -0.361. The Morgan fingerprint density at radius 3 is 2.21 bits per heavy atom. The van der Waals surface area contributed by atoms with Gasteiger partial charge in [0, 0.05) is 22.3 Å². The van der Waals surface area contributed by atoms with Gasteiger partial charge in [-0.1, -0.05) is 6.07 Å². The zero-order valence-electron chi connectivity index (χ0n) is 15.9. The first-order valence-corrected chi connectivity index (χ1v) is 9.73. The highest BCUT2D eigenvalue weighted by Crippen LogP contribution is 2.48. The zero-order valence-corrected chi connectivity index (χ0v) is 15.9. The molecule has 2 N–H and O–H groups in total. The third-order valence-electron chi connectivity index (χ3n) is 6.05. The molecule has 2 fully saturated rings. The first-order chi connectivity index (χ1) is 13.4. The number of amides is 2. The molecule has 1 aromatic carbocycles. The lowest BCUT2D eigenvalue weighted by atomic mass is 9.78. The van der Waals surface area contributed by atoms with Crippen LogP contribution in [0.3, 0.4) is 0 Å². The van der Waals surface area contributed by atoms with Crippen LogP contribution < -0.4 is 10.6 Å². The predicted molar refractivity (Wildman–Crippen MR) is 103 cm³/mol. The van der Waals surface area contributed by atoms with Crippen LogP contribution in [0.1, 0.15) is 65.1 Å². The lowest BCUT2D eigenvalue weighted by Gasteiger charge is -2.40. The summed E-state index contributed by atoms with van der Waals surface area (Å²) in [4.78, 5) is 29.7. The van der Waals surface area contributed by atoms with Gasteiger partial charge in [-0.15, -0.1) is 0 Å². The van der Waals surface area contributed by atoms with Crippen molar-refractivity contribution in [3.8, 4) is 0 Å². The summed E-state index contributed by atoms with van der Waals surface area (Å²) >= 11 is 0. The number of rotatable bonds is 4. The zero-order chi connectivity index (χ0) is 19.8. The summed E-state index contributed by atoms with van der Waals surface area (Å²) in [7, 11) is 0. The SMILES string of the molecule is Cc1cccc(C(=O)N[C@@]23CCC[C@@](NC(=O)c4ccc(F)cc4)(CC2)C3)n1. The number of carbonyl (C=O) groups is 2. The molecular weight excluding hydrogens is 357 g/mol.